The lowest BCUT2D eigenvalue weighted by Gasteiger charge is -2.35. The largest absolute Gasteiger partial charge is 0.477 e. The fraction of sp³-hybridized carbons (Fsp3) is 0.500. The summed E-state index contributed by atoms with van der Waals surface area (Å²) in [5.74, 6) is -1.38. The minimum atomic E-state index is -1.09. The maximum absolute atomic E-state index is 14.1. The van der Waals surface area contributed by atoms with Crippen molar-refractivity contribution < 1.29 is 19.5 Å². The third-order valence-electron chi connectivity index (χ3n) is 7.09. The number of para-hydroxylation sites is 1. The van der Waals surface area contributed by atoms with Crippen LogP contribution in [0.25, 0.3) is 10.9 Å². The number of thiazole rings is 1. The van der Waals surface area contributed by atoms with Crippen molar-refractivity contribution in [2.24, 2.45) is 18.7 Å². The van der Waals surface area contributed by atoms with E-state index in [0.717, 1.165) is 53.5 Å². The van der Waals surface area contributed by atoms with Gasteiger partial charge in [0.2, 0.25) is 5.91 Å². The summed E-state index contributed by atoms with van der Waals surface area (Å²) in [4.78, 5) is 47.3. The summed E-state index contributed by atoms with van der Waals surface area (Å²) < 4.78 is 2.01. The second kappa shape index (κ2) is 12.1. The zero-order chi connectivity index (χ0) is 27.4. The van der Waals surface area contributed by atoms with Crippen LogP contribution < -0.4 is 5.73 Å². The first-order valence-electron chi connectivity index (χ1n) is 13.3. The van der Waals surface area contributed by atoms with E-state index in [9.17, 15) is 19.5 Å². The number of imide groups is 1. The zero-order valence-corrected chi connectivity index (χ0v) is 23.1. The number of benzene rings is 1. The lowest BCUT2D eigenvalue weighted by Crippen LogP contribution is -2.54. The molecule has 2 atom stereocenters. The Bertz CT molecular complexity index is 1290. The molecule has 1 aliphatic rings. The molecule has 10 heteroatoms. The molecular weight excluding hydrogens is 502 g/mol. The Balaban J connectivity index is 1.82. The van der Waals surface area contributed by atoms with E-state index in [4.69, 9.17) is 5.73 Å². The fourth-order valence-corrected chi connectivity index (χ4v) is 6.06. The van der Waals surface area contributed by atoms with Crippen molar-refractivity contribution in [3.05, 3.63) is 52.1 Å². The molecule has 0 aliphatic carbocycles. The van der Waals surface area contributed by atoms with Crippen LogP contribution in [0.3, 0.4) is 0 Å². The van der Waals surface area contributed by atoms with Gasteiger partial charge in [-0.15, -0.1) is 11.3 Å². The Hall–Kier alpha value is -3.24. The van der Waals surface area contributed by atoms with Crippen molar-refractivity contribution in [2.45, 2.75) is 64.5 Å². The average molecular weight is 540 g/mol. The third-order valence-corrected chi connectivity index (χ3v) is 8.17. The van der Waals surface area contributed by atoms with E-state index in [-0.39, 0.29) is 16.8 Å². The zero-order valence-electron chi connectivity index (χ0n) is 22.3. The molecule has 9 nitrogen and oxygen atoms in total. The second-order valence-electron chi connectivity index (χ2n) is 10.5. The topological polar surface area (TPSA) is 122 Å². The molecule has 3 N–H and O–H groups in total. The van der Waals surface area contributed by atoms with E-state index in [0.29, 0.717) is 30.9 Å². The van der Waals surface area contributed by atoms with Crippen LogP contribution in [0.4, 0.5) is 4.79 Å². The number of nitrogens with zero attached hydrogens (tertiary/aromatic N) is 4. The Morgan fingerprint density at radius 1 is 1.13 bits per heavy atom. The number of rotatable bonds is 8. The van der Waals surface area contributed by atoms with Gasteiger partial charge in [0.15, 0.2) is 0 Å². The number of nitrogens with two attached hydrogens (primary N) is 1. The van der Waals surface area contributed by atoms with Gasteiger partial charge in [-0.05, 0) is 36.8 Å². The first kappa shape index (κ1) is 27.8. The molecule has 3 aromatic rings. The van der Waals surface area contributed by atoms with E-state index in [1.807, 2.05) is 55.9 Å². The number of fused-ring (bicyclic) bond motifs is 1. The maximum Gasteiger partial charge on any atom is 0.347 e. The van der Waals surface area contributed by atoms with Crippen LogP contribution >= 0.6 is 11.3 Å². The number of urea groups is 1. The molecule has 1 saturated heterocycles. The van der Waals surface area contributed by atoms with Crippen LogP contribution in [0.2, 0.25) is 0 Å². The lowest BCUT2D eigenvalue weighted by molar-refractivity contribution is -0.132. The van der Waals surface area contributed by atoms with Gasteiger partial charge in [0.05, 0.1) is 18.3 Å². The molecule has 1 fully saturated rings. The SMILES string of the molecule is CC(C)C[C@H](N)C(=O)N(C(=O)N1CCCCCC1)[C@H](Cc1cn(C)c2ccccc12)c1ncc(C(=O)O)s1. The number of carboxylic acid groups (broad SMARTS) is 1. The summed E-state index contributed by atoms with van der Waals surface area (Å²) in [6, 6.07) is 5.92. The van der Waals surface area contributed by atoms with E-state index in [1.165, 1.54) is 11.1 Å². The lowest BCUT2D eigenvalue weighted by atomic mass is 10.0. The van der Waals surface area contributed by atoms with E-state index < -0.39 is 24.0 Å². The predicted molar refractivity (Wildman–Crippen MR) is 148 cm³/mol. The Labute approximate surface area is 227 Å². The summed E-state index contributed by atoms with van der Waals surface area (Å²) in [6.45, 7) is 5.12. The third kappa shape index (κ3) is 6.07. The van der Waals surface area contributed by atoms with Gasteiger partial charge in [-0.1, -0.05) is 44.9 Å². The first-order valence-corrected chi connectivity index (χ1v) is 14.1. The number of carboxylic acids is 1. The molecule has 3 heterocycles. The Morgan fingerprint density at radius 2 is 1.82 bits per heavy atom. The van der Waals surface area contributed by atoms with Crippen molar-refractivity contribution in [3.8, 4) is 0 Å². The van der Waals surface area contributed by atoms with E-state index in [2.05, 4.69) is 4.98 Å². The van der Waals surface area contributed by atoms with Crippen LogP contribution in [-0.2, 0) is 18.3 Å². The number of aromatic carboxylic acids is 1. The normalized spacial score (nSPS) is 15.9. The van der Waals surface area contributed by atoms with Crippen molar-refractivity contribution in [1.82, 2.24) is 19.4 Å². The number of aryl methyl sites for hydroxylation is 1. The molecule has 38 heavy (non-hydrogen) atoms. The van der Waals surface area contributed by atoms with Gasteiger partial charge in [0.25, 0.3) is 0 Å². The summed E-state index contributed by atoms with van der Waals surface area (Å²) in [5.41, 5.74) is 8.37. The van der Waals surface area contributed by atoms with Crippen LogP contribution in [0, 0.1) is 5.92 Å². The Kier molecular flexibility index (Phi) is 8.83. The maximum atomic E-state index is 14.1. The molecule has 2 aromatic heterocycles. The second-order valence-corrected chi connectivity index (χ2v) is 11.6. The predicted octanol–water partition coefficient (Wildman–Crippen LogP) is 4.81. The molecule has 0 bridgehead atoms. The molecule has 1 aromatic carbocycles. The number of likely N-dealkylation sites (tertiary alicyclic amines) is 1. The fourth-order valence-electron chi connectivity index (χ4n) is 5.21. The molecule has 3 amide bonds. The van der Waals surface area contributed by atoms with E-state index in [1.54, 1.807) is 4.90 Å². The van der Waals surface area contributed by atoms with Gasteiger partial charge in [0.1, 0.15) is 9.88 Å². The minimum Gasteiger partial charge on any atom is -0.477 e. The summed E-state index contributed by atoms with van der Waals surface area (Å²) in [5, 5.41) is 11.0. The van der Waals surface area contributed by atoms with Gasteiger partial charge in [-0.25, -0.2) is 14.6 Å². The van der Waals surface area contributed by atoms with Gasteiger partial charge in [-0.2, -0.15) is 0 Å². The van der Waals surface area contributed by atoms with Crippen LogP contribution in [-0.4, -0.2) is 61.5 Å². The standard InChI is InChI=1S/C28H37N5O4S/c1-18(2)14-21(29)26(34)33(28(37)32-12-8-4-5-9-13-32)23(25-30-16-24(38-25)27(35)36)15-19-17-31(3)22-11-7-6-10-20(19)22/h6-7,10-11,16-18,21,23H,4-5,8-9,12-15,29H2,1-3H3,(H,35,36)/t21-,23+/m0/s1. The summed E-state index contributed by atoms with van der Waals surface area (Å²) in [7, 11) is 1.95. The summed E-state index contributed by atoms with van der Waals surface area (Å²) in [6.07, 6.45) is 7.86. The van der Waals surface area contributed by atoms with Gasteiger partial charge in [-0.3, -0.25) is 9.69 Å². The van der Waals surface area contributed by atoms with Gasteiger partial charge >= 0.3 is 12.0 Å². The van der Waals surface area contributed by atoms with Crippen LogP contribution in [0.5, 0.6) is 0 Å². The highest BCUT2D eigenvalue weighted by Gasteiger charge is 2.39. The minimum absolute atomic E-state index is 0.0593. The molecule has 0 saturated carbocycles. The number of amides is 3. The first-order chi connectivity index (χ1) is 18.2. The Morgan fingerprint density at radius 3 is 2.45 bits per heavy atom. The molecule has 1 aliphatic heterocycles. The monoisotopic (exact) mass is 539 g/mol. The quantitative estimate of drug-likeness (QED) is 0.423. The van der Waals surface area contributed by atoms with Gasteiger partial charge in [0, 0.05) is 43.7 Å². The molecule has 204 valence electrons. The highest BCUT2D eigenvalue weighted by Crippen LogP contribution is 2.34. The molecular formula is C28H37N5O4S. The van der Waals surface area contributed by atoms with Crippen molar-refractivity contribution in [2.75, 3.05) is 13.1 Å². The number of carbonyl (C=O) groups is 3. The molecule has 0 unspecified atom stereocenters. The van der Waals surface area contributed by atoms with Crippen LogP contribution in [0.1, 0.15) is 72.2 Å². The molecule has 0 spiro atoms. The number of carbonyl (C=O) groups excluding carboxylic acids is 2. The number of hydrogen-bond acceptors (Lipinski definition) is 6. The molecule has 0 radical (unpaired) electrons. The van der Waals surface area contributed by atoms with Crippen molar-refractivity contribution in [1.29, 1.82) is 0 Å². The molecule has 4 rings (SSSR count). The smallest absolute Gasteiger partial charge is 0.347 e. The van der Waals surface area contributed by atoms with E-state index >= 15 is 0 Å². The van der Waals surface area contributed by atoms with Gasteiger partial charge < -0.3 is 20.3 Å². The highest BCUT2D eigenvalue weighted by molar-refractivity contribution is 7.13. The van der Waals surface area contributed by atoms with Crippen molar-refractivity contribution >= 4 is 40.1 Å². The summed E-state index contributed by atoms with van der Waals surface area (Å²) >= 11 is 0.997. The average Bonchev–Trinajstić information content (AvgIpc) is 3.38. The number of hydrogen-bond donors (Lipinski definition) is 2. The number of aromatic nitrogens is 2. The highest BCUT2D eigenvalue weighted by atomic mass is 32.1. The van der Waals surface area contributed by atoms with Crippen LogP contribution in [0.15, 0.2) is 36.7 Å². The van der Waals surface area contributed by atoms with Crippen molar-refractivity contribution in [3.63, 3.8) is 0 Å².